The van der Waals surface area contributed by atoms with Gasteiger partial charge in [-0.2, -0.15) is 9.78 Å². The molecule has 0 N–H and O–H groups in total. The number of esters is 1. The standard InChI is InChI=1S/C18H12F2N4O2S/c1-2-26-17(25)14-9-27-18(22-14)24-16-11(4-3-7-21-16)15(23-24)10-5-6-12(19)13(20)8-10/h3-9H,2H2,1H3. The number of benzene rings is 1. The largest absolute Gasteiger partial charge is 0.461 e. The fourth-order valence-corrected chi connectivity index (χ4v) is 3.35. The minimum absolute atomic E-state index is 0.172. The fourth-order valence-electron chi connectivity index (χ4n) is 2.60. The molecule has 9 heteroatoms. The monoisotopic (exact) mass is 386 g/mol. The van der Waals surface area contributed by atoms with Gasteiger partial charge >= 0.3 is 5.97 Å². The van der Waals surface area contributed by atoms with Crippen LogP contribution in [0.4, 0.5) is 8.78 Å². The molecule has 27 heavy (non-hydrogen) atoms. The van der Waals surface area contributed by atoms with Gasteiger partial charge in [0.25, 0.3) is 0 Å². The predicted octanol–water partition coefficient (Wildman–Crippen LogP) is 4.00. The first kappa shape index (κ1) is 17.2. The Kier molecular flexibility index (Phi) is 4.36. The van der Waals surface area contributed by atoms with E-state index in [4.69, 9.17) is 4.74 Å². The first-order chi connectivity index (χ1) is 13.1. The van der Waals surface area contributed by atoms with Gasteiger partial charge in [-0.15, -0.1) is 11.3 Å². The third-order valence-corrected chi connectivity index (χ3v) is 4.61. The zero-order valence-electron chi connectivity index (χ0n) is 14.0. The maximum absolute atomic E-state index is 13.7. The van der Waals surface area contributed by atoms with Gasteiger partial charge in [0.2, 0.25) is 5.13 Å². The van der Waals surface area contributed by atoms with Crippen LogP contribution in [0.3, 0.4) is 0 Å². The fraction of sp³-hybridized carbons (Fsp3) is 0.111. The molecule has 0 aliphatic heterocycles. The van der Waals surface area contributed by atoms with E-state index < -0.39 is 17.6 Å². The molecule has 4 rings (SSSR count). The van der Waals surface area contributed by atoms with Gasteiger partial charge in [-0.3, -0.25) is 0 Å². The van der Waals surface area contributed by atoms with Crippen molar-refractivity contribution in [2.24, 2.45) is 0 Å². The second-order valence-electron chi connectivity index (χ2n) is 5.50. The lowest BCUT2D eigenvalue weighted by Gasteiger charge is -1.99. The highest BCUT2D eigenvalue weighted by molar-refractivity contribution is 7.12. The number of hydrogen-bond acceptors (Lipinski definition) is 6. The summed E-state index contributed by atoms with van der Waals surface area (Å²) in [4.78, 5) is 20.4. The van der Waals surface area contributed by atoms with Crippen LogP contribution in [0.25, 0.3) is 27.4 Å². The van der Waals surface area contributed by atoms with Crippen molar-refractivity contribution in [1.29, 1.82) is 0 Å². The van der Waals surface area contributed by atoms with Crippen molar-refractivity contribution in [3.63, 3.8) is 0 Å². The lowest BCUT2D eigenvalue weighted by Crippen LogP contribution is -2.06. The van der Waals surface area contributed by atoms with Crippen LogP contribution in [-0.4, -0.2) is 32.3 Å². The number of halogens is 2. The molecule has 0 saturated carbocycles. The zero-order chi connectivity index (χ0) is 19.0. The van der Waals surface area contributed by atoms with Crippen molar-refractivity contribution in [3.8, 4) is 16.4 Å². The normalized spacial score (nSPS) is 11.1. The van der Waals surface area contributed by atoms with Gasteiger partial charge in [0, 0.05) is 22.5 Å². The third kappa shape index (κ3) is 3.06. The van der Waals surface area contributed by atoms with Gasteiger partial charge in [-0.1, -0.05) is 0 Å². The molecule has 0 aliphatic rings. The minimum Gasteiger partial charge on any atom is -0.461 e. The second-order valence-corrected chi connectivity index (χ2v) is 6.34. The van der Waals surface area contributed by atoms with E-state index >= 15 is 0 Å². The number of nitrogens with zero attached hydrogens (tertiary/aromatic N) is 4. The van der Waals surface area contributed by atoms with Crippen molar-refractivity contribution in [2.75, 3.05) is 6.61 Å². The van der Waals surface area contributed by atoms with E-state index in [0.717, 1.165) is 12.1 Å². The summed E-state index contributed by atoms with van der Waals surface area (Å²) in [5.41, 5.74) is 1.51. The summed E-state index contributed by atoms with van der Waals surface area (Å²) in [5, 5.41) is 7.11. The van der Waals surface area contributed by atoms with Crippen molar-refractivity contribution in [1.82, 2.24) is 19.7 Å². The van der Waals surface area contributed by atoms with Gasteiger partial charge < -0.3 is 4.74 Å². The van der Waals surface area contributed by atoms with Gasteiger partial charge in [0.1, 0.15) is 5.69 Å². The topological polar surface area (TPSA) is 69.9 Å². The highest BCUT2D eigenvalue weighted by Crippen LogP contribution is 2.30. The maximum Gasteiger partial charge on any atom is 0.357 e. The lowest BCUT2D eigenvalue weighted by molar-refractivity contribution is 0.0520. The molecule has 0 unspecified atom stereocenters. The molecule has 1 aromatic carbocycles. The summed E-state index contributed by atoms with van der Waals surface area (Å²) < 4.78 is 33.4. The van der Waals surface area contributed by atoms with E-state index in [1.807, 2.05) is 0 Å². The van der Waals surface area contributed by atoms with Crippen LogP contribution in [0.5, 0.6) is 0 Å². The molecule has 0 spiro atoms. The Morgan fingerprint density at radius 1 is 1.26 bits per heavy atom. The average molecular weight is 386 g/mol. The highest BCUT2D eigenvalue weighted by Gasteiger charge is 2.19. The molecule has 136 valence electrons. The van der Waals surface area contributed by atoms with Crippen molar-refractivity contribution in [2.45, 2.75) is 6.92 Å². The predicted molar refractivity (Wildman–Crippen MR) is 95.8 cm³/mol. The molecule has 0 aliphatic carbocycles. The molecule has 3 heterocycles. The average Bonchev–Trinajstić information content (AvgIpc) is 3.29. The number of rotatable bonds is 4. The molecule has 0 amide bonds. The Morgan fingerprint density at radius 2 is 2.11 bits per heavy atom. The van der Waals surface area contributed by atoms with Gasteiger partial charge in [0.05, 0.1) is 6.61 Å². The number of fused-ring (bicyclic) bond motifs is 1. The Morgan fingerprint density at radius 3 is 2.89 bits per heavy atom. The number of hydrogen-bond donors (Lipinski definition) is 0. The van der Waals surface area contributed by atoms with E-state index in [-0.39, 0.29) is 12.3 Å². The van der Waals surface area contributed by atoms with Gasteiger partial charge in [0.15, 0.2) is 23.0 Å². The summed E-state index contributed by atoms with van der Waals surface area (Å²) in [6, 6.07) is 7.09. The van der Waals surface area contributed by atoms with Crippen LogP contribution in [0.1, 0.15) is 17.4 Å². The van der Waals surface area contributed by atoms with E-state index in [1.54, 1.807) is 30.6 Å². The van der Waals surface area contributed by atoms with Crippen LogP contribution in [0.2, 0.25) is 0 Å². The van der Waals surface area contributed by atoms with Crippen molar-refractivity contribution < 1.29 is 18.3 Å². The van der Waals surface area contributed by atoms with Gasteiger partial charge in [-0.05, 0) is 37.3 Å². The number of carbonyl (C=O) groups is 1. The Bertz CT molecular complexity index is 1160. The number of pyridine rings is 1. The second kappa shape index (κ2) is 6.84. The molecule has 4 aromatic rings. The SMILES string of the molecule is CCOC(=O)c1csc(-n2nc(-c3ccc(F)c(F)c3)c3cccnc32)n1. The van der Waals surface area contributed by atoms with Crippen LogP contribution in [0, 0.1) is 11.6 Å². The lowest BCUT2D eigenvalue weighted by atomic mass is 10.1. The Hall–Kier alpha value is -3.20. The molecule has 6 nitrogen and oxygen atoms in total. The number of ether oxygens (including phenoxy) is 1. The maximum atomic E-state index is 13.7. The molecular weight excluding hydrogens is 374 g/mol. The molecule has 0 saturated heterocycles. The number of carbonyl (C=O) groups excluding carboxylic acids is 1. The van der Waals surface area contributed by atoms with Crippen LogP contribution in [0.15, 0.2) is 41.9 Å². The van der Waals surface area contributed by atoms with Crippen molar-refractivity contribution in [3.05, 3.63) is 59.2 Å². The smallest absolute Gasteiger partial charge is 0.357 e. The summed E-state index contributed by atoms with van der Waals surface area (Å²) in [6.07, 6.45) is 1.59. The van der Waals surface area contributed by atoms with E-state index in [0.29, 0.717) is 27.4 Å². The van der Waals surface area contributed by atoms with E-state index in [9.17, 15) is 13.6 Å². The highest BCUT2D eigenvalue weighted by atomic mass is 32.1. The van der Waals surface area contributed by atoms with Crippen LogP contribution >= 0.6 is 11.3 Å². The van der Waals surface area contributed by atoms with Gasteiger partial charge in [-0.25, -0.2) is 23.5 Å². The number of thiazole rings is 1. The Labute approximate surface area is 156 Å². The van der Waals surface area contributed by atoms with E-state index in [2.05, 4.69) is 15.1 Å². The van der Waals surface area contributed by atoms with Crippen LogP contribution in [-0.2, 0) is 4.74 Å². The first-order valence-electron chi connectivity index (χ1n) is 8.00. The summed E-state index contributed by atoms with van der Waals surface area (Å²) in [6.45, 7) is 1.96. The molecule has 3 aromatic heterocycles. The third-order valence-electron chi connectivity index (χ3n) is 3.79. The van der Waals surface area contributed by atoms with Crippen molar-refractivity contribution >= 4 is 28.3 Å². The quantitative estimate of drug-likeness (QED) is 0.496. The molecule has 0 atom stereocenters. The van der Waals surface area contributed by atoms with E-state index in [1.165, 1.54) is 22.1 Å². The summed E-state index contributed by atoms with van der Waals surface area (Å²) in [7, 11) is 0. The molecule has 0 bridgehead atoms. The minimum atomic E-state index is -0.960. The summed E-state index contributed by atoms with van der Waals surface area (Å²) >= 11 is 1.20. The number of aromatic nitrogens is 4. The zero-order valence-corrected chi connectivity index (χ0v) is 14.8. The molecular formula is C18H12F2N4O2S. The molecule has 0 radical (unpaired) electrons. The Balaban J connectivity index is 1.85. The molecule has 0 fully saturated rings. The van der Waals surface area contributed by atoms with Crippen LogP contribution < -0.4 is 0 Å². The first-order valence-corrected chi connectivity index (χ1v) is 8.88. The summed E-state index contributed by atoms with van der Waals surface area (Å²) in [5.74, 6) is -2.41.